The van der Waals surface area contributed by atoms with E-state index >= 15 is 0 Å². The zero-order chi connectivity index (χ0) is 38.7. The molecule has 0 bridgehead atoms. The van der Waals surface area contributed by atoms with Gasteiger partial charge in [-0.15, -0.1) is 11.3 Å². The van der Waals surface area contributed by atoms with Crippen LogP contribution in [0.5, 0.6) is 0 Å². The van der Waals surface area contributed by atoms with E-state index in [0.717, 1.165) is 16.8 Å². The highest BCUT2D eigenvalue weighted by Crippen LogP contribution is 2.43. The summed E-state index contributed by atoms with van der Waals surface area (Å²) in [5, 5.41) is 7.59. The van der Waals surface area contributed by atoms with Crippen molar-refractivity contribution in [2.75, 3.05) is 0 Å². The van der Waals surface area contributed by atoms with Gasteiger partial charge in [0.25, 0.3) is 0 Å². The zero-order valence-electron chi connectivity index (χ0n) is 32.1. The molecule has 58 heavy (non-hydrogen) atoms. The molecule has 8 aromatic carbocycles. The highest BCUT2D eigenvalue weighted by atomic mass is 32.1. The summed E-state index contributed by atoms with van der Waals surface area (Å²) in [4.78, 5) is 0. The van der Waals surface area contributed by atoms with Gasteiger partial charge in [-0.1, -0.05) is 128 Å². The molecule has 3 heterocycles. The summed E-state index contributed by atoms with van der Waals surface area (Å²) < 4.78 is 7.44. The molecule has 0 amide bonds. The third-order valence-electron chi connectivity index (χ3n) is 11.6. The van der Waals surface area contributed by atoms with Crippen LogP contribution in [0.25, 0.3) is 103 Å². The van der Waals surface area contributed by atoms with Crippen molar-refractivity contribution in [2.45, 2.75) is 6.92 Å². The quantitative estimate of drug-likeness (QED) is 0.143. The Kier molecular flexibility index (Phi) is 8.09. The normalized spacial score (nSPS) is 12.3. The first-order chi connectivity index (χ1) is 28.7. The molecule has 0 atom stereocenters. The Morgan fingerprint density at radius 1 is 0.483 bits per heavy atom. The molecule has 0 N–H and O–H groups in total. The standard InChI is InChI=1S/C55H38N2S/c1-3-5-15-36(4-2)37-16-13-19-42(32-37)57-51-30-27-39(38-26-29-50-46(33-38)44-20-9-11-23-49(44)56(50)41-17-7-6-8-18-41)34-47(51)48-35-40(28-31-52(48)57)43-22-14-25-54-55(43)45-21-10-12-24-53(45)58-54/h3-35H,2H2,1H3/b5-3-,36-15+. The second kappa shape index (κ2) is 13.8. The van der Waals surface area contributed by atoms with E-state index in [9.17, 15) is 0 Å². The van der Waals surface area contributed by atoms with E-state index < -0.39 is 0 Å². The number of benzene rings is 8. The van der Waals surface area contributed by atoms with Gasteiger partial charge in [0.15, 0.2) is 0 Å². The first-order valence-electron chi connectivity index (χ1n) is 19.8. The number of allylic oxidation sites excluding steroid dienone is 5. The Morgan fingerprint density at radius 3 is 1.79 bits per heavy atom. The Morgan fingerprint density at radius 2 is 1.05 bits per heavy atom. The second-order valence-corrected chi connectivity index (χ2v) is 16.0. The molecule has 0 aliphatic carbocycles. The largest absolute Gasteiger partial charge is 0.309 e. The average Bonchev–Trinajstić information content (AvgIpc) is 3.94. The highest BCUT2D eigenvalue weighted by molar-refractivity contribution is 7.25. The fourth-order valence-corrected chi connectivity index (χ4v) is 10.1. The van der Waals surface area contributed by atoms with Crippen LogP contribution in [-0.2, 0) is 0 Å². The summed E-state index contributed by atoms with van der Waals surface area (Å²) in [6.07, 6.45) is 8.18. The predicted molar refractivity (Wildman–Crippen MR) is 252 cm³/mol. The molecule has 0 saturated carbocycles. The van der Waals surface area contributed by atoms with Crippen molar-refractivity contribution in [1.29, 1.82) is 0 Å². The topological polar surface area (TPSA) is 9.86 Å². The number of nitrogens with zero attached hydrogens (tertiary/aromatic N) is 2. The van der Waals surface area contributed by atoms with Crippen molar-refractivity contribution in [3.63, 3.8) is 0 Å². The lowest BCUT2D eigenvalue weighted by Gasteiger charge is -2.11. The number of aromatic nitrogens is 2. The van der Waals surface area contributed by atoms with E-state index in [1.807, 2.05) is 30.4 Å². The van der Waals surface area contributed by atoms with Crippen LogP contribution in [-0.4, -0.2) is 9.13 Å². The molecule has 0 fully saturated rings. The Labute approximate surface area is 341 Å². The fraction of sp³-hybridized carbons (Fsp3) is 0.0182. The van der Waals surface area contributed by atoms with Gasteiger partial charge in [0, 0.05) is 53.1 Å². The van der Waals surface area contributed by atoms with E-state index in [2.05, 4.69) is 204 Å². The molecule has 11 aromatic rings. The molecule has 0 aliphatic heterocycles. The molecule has 0 aliphatic rings. The van der Waals surface area contributed by atoms with Crippen molar-refractivity contribution in [1.82, 2.24) is 9.13 Å². The molecule has 11 rings (SSSR count). The second-order valence-electron chi connectivity index (χ2n) is 14.9. The first kappa shape index (κ1) is 34.1. The van der Waals surface area contributed by atoms with Gasteiger partial charge in [0.1, 0.15) is 0 Å². The van der Waals surface area contributed by atoms with Crippen LogP contribution in [0.15, 0.2) is 207 Å². The van der Waals surface area contributed by atoms with Crippen molar-refractivity contribution in [2.24, 2.45) is 0 Å². The lowest BCUT2D eigenvalue weighted by Crippen LogP contribution is -1.95. The van der Waals surface area contributed by atoms with Crippen LogP contribution in [0.2, 0.25) is 0 Å². The van der Waals surface area contributed by atoms with Crippen LogP contribution >= 0.6 is 11.3 Å². The third kappa shape index (κ3) is 5.39. The number of thiophene rings is 1. The maximum atomic E-state index is 4.14. The van der Waals surface area contributed by atoms with Crippen LogP contribution in [0.1, 0.15) is 12.5 Å². The lowest BCUT2D eigenvalue weighted by molar-refractivity contribution is 1.18. The number of hydrogen-bond donors (Lipinski definition) is 0. The van der Waals surface area contributed by atoms with E-state index in [-0.39, 0.29) is 0 Å². The summed E-state index contributed by atoms with van der Waals surface area (Å²) >= 11 is 1.87. The van der Waals surface area contributed by atoms with Gasteiger partial charge in [-0.3, -0.25) is 0 Å². The van der Waals surface area contributed by atoms with Gasteiger partial charge in [-0.25, -0.2) is 0 Å². The molecule has 3 heteroatoms. The van der Waals surface area contributed by atoms with E-state index in [4.69, 9.17) is 0 Å². The van der Waals surface area contributed by atoms with Crippen molar-refractivity contribution >= 4 is 80.7 Å². The predicted octanol–water partition coefficient (Wildman–Crippen LogP) is 15.7. The van der Waals surface area contributed by atoms with Gasteiger partial charge < -0.3 is 9.13 Å². The first-order valence-corrected chi connectivity index (χ1v) is 20.6. The van der Waals surface area contributed by atoms with Crippen LogP contribution in [0, 0.1) is 0 Å². The monoisotopic (exact) mass is 758 g/mol. The molecule has 274 valence electrons. The maximum absolute atomic E-state index is 4.14. The third-order valence-corrected chi connectivity index (χ3v) is 12.8. The fourth-order valence-electron chi connectivity index (χ4n) is 8.98. The smallest absolute Gasteiger partial charge is 0.0541 e. The molecular weight excluding hydrogens is 721 g/mol. The van der Waals surface area contributed by atoms with Crippen molar-refractivity contribution in [3.05, 3.63) is 212 Å². The van der Waals surface area contributed by atoms with Gasteiger partial charge >= 0.3 is 0 Å². The van der Waals surface area contributed by atoms with E-state index in [1.54, 1.807) is 0 Å². The Bertz CT molecular complexity index is 3480. The summed E-state index contributed by atoms with van der Waals surface area (Å²) in [7, 11) is 0. The molecule has 0 saturated heterocycles. The molecule has 2 nitrogen and oxygen atoms in total. The van der Waals surface area contributed by atoms with Gasteiger partial charge in [0.05, 0.1) is 22.1 Å². The molecule has 0 radical (unpaired) electrons. The molecule has 0 unspecified atom stereocenters. The number of rotatable bonds is 7. The Hall–Kier alpha value is -7.20. The summed E-state index contributed by atoms with van der Waals surface area (Å²) in [5.74, 6) is 0. The Balaban J connectivity index is 1.15. The summed E-state index contributed by atoms with van der Waals surface area (Å²) in [6, 6.07) is 64.8. The minimum Gasteiger partial charge on any atom is -0.309 e. The average molecular weight is 759 g/mol. The summed E-state index contributed by atoms with van der Waals surface area (Å²) in [5.41, 5.74) is 14.1. The minimum absolute atomic E-state index is 1.09. The highest BCUT2D eigenvalue weighted by Gasteiger charge is 2.18. The van der Waals surface area contributed by atoms with E-state index in [0.29, 0.717) is 0 Å². The lowest BCUT2D eigenvalue weighted by atomic mass is 9.97. The SMILES string of the molecule is C=C/C(=C\C=C/C)c1cccc(-n2c3ccc(-c4ccc5c(c4)c4ccccc4n5-c4ccccc4)cc3c3cc(-c4cccc5sc6ccccc6c45)ccc32)c1. The zero-order valence-corrected chi connectivity index (χ0v) is 32.9. The van der Waals surface area contributed by atoms with Gasteiger partial charge in [-0.05, 0) is 119 Å². The van der Waals surface area contributed by atoms with Crippen LogP contribution in [0.4, 0.5) is 0 Å². The molecule has 3 aromatic heterocycles. The van der Waals surface area contributed by atoms with Crippen LogP contribution < -0.4 is 0 Å². The minimum atomic E-state index is 1.09. The van der Waals surface area contributed by atoms with E-state index in [1.165, 1.54) is 91.7 Å². The number of fused-ring (bicyclic) bond motifs is 9. The van der Waals surface area contributed by atoms with Gasteiger partial charge in [-0.2, -0.15) is 0 Å². The van der Waals surface area contributed by atoms with Crippen molar-refractivity contribution < 1.29 is 0 Å². The molecule has 0 spiro atoms. The number of hydrogen-bond acceptors (Lipinski definition) is 1. The number of para-hydroxylation sites is 2. The summed E-state index contributed by atoms with van der Waals surface area (Å²) in [6.45, 7) is 6.18. The maximum Gasteiger partial charge on any atom is 0.0541 e. The van der Waals surface area contributed by atoms with Gasteiger partial charge in [0.2, 0.25) is 0 Å². The van der Waals surface area contributed by atoms with Crippen molar-refractivity contribution in [3.8, 4) is 33.6 Å². The molecular formula is C55H38N2S. The van der Waals surface area contributed by atoms with Crippen LogP contribution in [0.3, 0.4) is 0 Å².